The summed E-state index contributed by atoms with van der Waals surface area (Å²) in [6.07, 6.45) is 2.69. The molecular formula is C14H16N2S. The van der Waals surface area contributed by atoms with Crippen molar-refractivity contribution < 1.29 is 0 Å². The van der Waals surface area contributed by atoms with Crippen LogP contribution in [0.2, 0.25) is 0 Å². The molecule has 3 heteroatoms. The molecule has 0 amide bonds. The van der Waals surface area contributed by atoms with E-state index < -0.39 is 0 Å². The molecule has 1 aromatic carbocycles. The maximum Gasteiger partial charge on any atom is 0.0913 e. The third-order valence-corrected chi connectivity index (χ3v) is 3.51. The molecule has 0 aliphatic carbocycles. The topological polar surface area (TPSA) is 38.4 Å². The molecule has 1 atom stereocenters. The first-order valence-corrected chi connectivity index (χ1v) is 6.46. The molecule has 2 N–H and O–H groups in total. The van der Waals surface area contributed by atoms with E-state index in [1.807, 2.05) is 13.0 Å². The lowest BCUT2D eigenvalue weighted by Gasteiger charge is -2.11. The quantitative estimate of drug-likeness (QED) is 0.494. The molecule has 0 saturated heterocycles. The third-order valence-electron chi connectivity index (χ3n) is 2.61. The van der Waals surface area contributed by atoms with Gasteiger partial charge in [-0.1, -0.05) is 12.1 Å². The molecule has 1 unspecified atom stereocenters. The first-order valence-electron chi connectivity index (χ1n) is 5.58. The Morgan fingerprint density at radius 2 is 2.35 bits per heavy atom. The first kappa shape index (κ1) is 11.9. The second-order valence-electron chi connectivity index (χ2n) is 4.03. The summed E-state index contributed by atoms with van der Waals surface area (Å²) in [5.74, 6) is 0.613. The number of benzene rings is 1. The fraction of sp³-hybridized carbons (Fsp3) is 0.214. The third kappa shape index (κ3) is 2.74. The number of hydrogen-bond donors (Lipinski definition) is 1. The summed E-state index contributed by atoms with van der Waals surface area (Å²) in [5.41, 5.74) is 6.87. The molecule has 2 aromatic rings. The van der Waals surface area contributed by atoms with Crippen LogP contribution in [0.5, 0.6) is 0 Å². The van der Waals surface area contributed by atoms with E-state index in [1.165, 1.54) is 15.6 Å². The Balaban J connectivity index is 2.40. The SMILES string of the molecule is C=CCC(N=C(C)N)c1ccc2sccc2c1. The Bertz CT molecular complexity index is 550. The van der Waals surface area contributed by atoms with Crippen molar-refractivity contribution in [3.63, 3.8) is 0 Å². The van der Waals surface area contributed by atoms with E-state index in [2.05, 4.69) is 41.2 Å². The van der Waals surface area contributed by atoms with Crippen molar-refractivity contribution in [2.45, 2.75) is 19.4 Å². The van der Waals surface area contributed by atoms with Crippen LogP contribution >= 0.6 is 11.3 Å². The van der Waals surface area contributed by atoms with Gasteiger partial charge in [-0.2, -0.15) is 0 Å². The number of nitrogens with two attached hydrogens (primary N) is 1. The minimum Gasteiger partial charge on any atom is -0.388 e. The second-order valence-corrected chi connectivity index (χ2v) is 4.98. The summed E-state index contributed by atoms with van der Waals surface area (Å²) in [7, 11) is 0. The van der Waals surface area contributed by atoms with Crippen LogP contribution in [0.15, 0.2) is 47.3 Å². The Kier molecular flexibility index (Phi) is 3.59. The molecule has 0 bridgehead atoms. The predicted molar refractivity (Wildman–Crippen MR) is 76.7 cm³/mol. The average Bonchev–Trinajstić information content (AvgIpc) is 2.74. The van der Waals surface area contributed by atoms with Crippen molar-refractivity contribution in [1.29, 1.82) is 0 Å². The van der Waals surface area contributed by atoms with E-state index in [4.69, 9.17) is 5.73 Å². The molecule has 0 radical (unpaired) electrons. The summed E-state index contributed by atoms with van der Waals surface area (Å²) in [5, 5.41) is 3.38. The number of thiophene rings is 1. The maximum atomic E-state index is 5.67. The van der Waals surface area contributed by atoms with Crippen molar-refractivity contribution in [2.75, 3.05) is 0 Å². The second kappa shape index (κ2) is 5.15. The number of nitrogens with zero attached hydrogens (tertiary/aromatic N) is 1. The largest absolute Gasteiger partial charge is 0.388 e. The molecular weight excluding hydrogens is 228 g/mol. The van der Waals surface area contributed by atoms with E-state index in [-0.39, 0.29) is 6.04 Å². The van der Waals surface area contributed by atoms with Gasteiger partial charge in [0.1, 0.15) is 0 Å². The zero-order chi connectivity index (χ0) is 12.3. The Morgan fingerprint density at radius 1 is 1.53 bits per heavy atom. The predicted octanol–water partition coefficient (Wildman–Crippen LogP) is 3.90. The zero-order valence-electron chi connectivity index (χ0n) is 9.89. The van der Waals surface area contributed by atoms with Gasteiger partial charge in [0.05, 0.1) is 11.9 Å². The Labute approximate surface area is 105 Å². The lowest BCUT2D eigenvalue weighted by atomic mass is 10.0. The fourth-order valence-corrected chi connectivity index (χ4v) is 2.63. The standard InChI is InChI=1S/C14H16N2S/c1-3-4-13(16-10(2)15)11-5-6-14-12(9-11)7-8-17-14/h3,5-9,13H,1,4H2,2H3,(H2,15,16). The van der Waals surface area contributed by atoms with Crippen molar-refractivity contribution in [3.05, 3.63) is 47.9 Å². The summed E-state index contributed by atoms with van der Waals surface area (Å²) in [4.78, 5) is 4.45. The number of rotatable bonds is 4. The highest BCUT2D eigenvalue weighted by atomic mass is 32.1. The Hall–Kier alpha value is -1.61. The van der Waals surface area contributed by atoms with Gasteiger partial charge in [-0.15, -0.1) is 17.9 Å². The van der Waals surface area contributed by atoms with E-state index in [9.17, 15) is 0 Å². The molecule has 0 aliphatic heterocycles. The van der Waals surface area contributed by atoms with Crippen LogP contribution in [0, 0.1) is 0 Å². The normalized spacial score (nSPS) is 13.8. The fourth-order valence-electron chi connectivity index (χ4n) is 1.86. The van der Waals surface area contributed by atoms with Crippen LogP contribution in [0.3, 0.4) is 0 Å². The van der Waals surface area contributed by atoms with E-state index in [1.54, 1.807) is 11.3 Å². The van der Waals surface area contributed by atoms with Gasteiger partial charge in [0, 0.05) is 4.70 Å². The van der Waals surface area contributed by atoms with Gasteiger partial charge in [0.15, 0.2) is 0 Å². The lowest BCUT2D eigenvalue weighted by molar-refractivity contribution is 0.743. The van der Waals surface area contributed by atoms with Crippen LogP contribution < -0.4 is 5.73 Å². The van der Waals surface area contributed by atoms with Gasteiger partial charge >= 0.3 is 0 Å². The molecule has 0 aliphatic rings. The van der Waals surface area contributed by atoms with E-state index in [0.717, 1.165) is 6.42 Å². The molecule has 0 fully saturated rings. The smallest absolute Gasteiger partial charge is 0.0913 e. The van der Waals surface area contributed by atoms with Crippen LogP contribution in [0.4, 0.5) is 0 Å². The van der Waals surface area contributed by atoms with Crippen LogP contribution in [-0.2, 0) is 0 Å². The average molecular weight is 244 g/mol. The molecule has 1 aromatic heterocycles. The number of hydrogen-bond acceptors (Lipinski definition) is 2. The van der Waals surface area contributed by atoms with Crippen molar-refractivity contribution in [3.8, 4) is 0 Å². The molecule has 88 valence electrons. The number of amidine groups is 1. The van der Waals surface area contributed by atoms with Gasteiger partial charge in [-0.3, -0.25) is 4.99 Å². The summed E-state index contributed by atoms with van der Waals surface area (Å²) < 4.78 is 1.31. The van der Waals surface area contributed by atoms with Crippen molar-refractivity contribution >= 4 is 27.3 Å². The van der Waals surface area contributed by atoms with Gasteiger partial charge in [0.25, 0.3) is 0 Å². The summed E-state index contributed by atoms with van der Waals surface area (Å²) >= 11 is 1.75. The zero-order valence-corrected chi connectivity index (χ0v) is 10.7. The summed E-state index contributed by atoms with van der Waals surface area (Å²) in [6, 6.07) is 8.67. The first-order chi connectivity index (χ1) is 8.20. The van der Waals surface area contributed by atoms with Crippen LogP contribution in [0.1, 0.15) is 24.9 Å². The summed E-state index contributed by atoms with van der Waals surface area (Å²) in [6.45, 7) is 5.60. The van der Waals surface area contributed by atoms with Crippen LogP contribution in [-0.4, -0.2) is 5.84 Å². The van der Waals surface area contributed by atoms with E-state index >= 15 is 0 Å². The van der Waals surface area contributed by atoms with Crippen LogP contribution in [0.25, 0.3) is 10.1 Å². The number of aliphatic imine (C=N–C) groups is 1. The lowest BCUT2D eigenvalue weighted by Crippen LogP contribution is -2.08. The molecule has 0 spiro atoms. The minimum atomic E-state index is 0.0850. The molecule has 2 nitrogen and oxygen atoms in total. The van der Waals surface area contributed by atoms with Crippen molar-refractivity contribution in [2.24, 2.45) is 10.7 Å². The van der Waals surface area contributed by atoms with Gasteiger partial charge in [0.2, 0.25) is 0 Å². The highest BCUT2D eigenvalue weighted by Crippen LogP contribution is 2.28. The molecule has 1 heterocycles. The van der Waals surface area contributed by atoms with Gasteiger partial charge in [-0.05, 0) is 47.9 Å². The minimum absolute atomic E-state index is 0.0850. The number of fused-ring (bicyclic) bond motifs is 1. The van der Waals surface area contributed by atoms with E-state index in [0.29, 0.717) is 5.84 Å². The van der Waals surface area contributed by atoms with Crippen molar-refractivity contribution in [1.82, 2.24) is 0 Å². The Morgan fingerprint density at radius 3 is 3.06 bits per heavy atom. The molecule has 17 heavy (non-hydrogen) atoms. The van der Waals surface area contributed by atoms with Gasteiger partial charge in [-0.25, -0.2) is 0 Å². The monoisotopic (exact) mass is 244 g/mol. The van der Waals surface area contributed by atoms with Gasteiger partial charge < -0.3 is 5.73 Å². The molecule has 2 rings (SSSR count). The molecule has 0 saturated carbocycles. The maximum absolute atomic E-state index is 5.67. The highest BCUT2D eigenvalue weighted by Gasteiger charge is 2.09. The highest BCUT2D eigenvalue weighted by molar-refractivity contribution is 7.17.